The van der Waals surface area contributed by atoms with Crippen molar-refractivity contribution < 1.29 is 23.7 Å². The maximum Gasteiger partial charge on any atom is 0.276 e. The van der Waals surface area contributed by atoms with Gasteiger partial charge in [-0.2, -0.15) is 0 Å². The molecule has 0 aliphatic carbocycles. The molecule has 1 N–H and O–H groups in total. The number of nitrogens with zero attached hydrogens (tertiary/aromatic N) is 2. The van der Waals surface area contributed by atoms with Crippen molar-refractivity contribution in [3.63, 3.8) is 0 Å². The number of nitrogens with one attached hydrogen (secondary N) is 1. The summed E-state index contributed by atoms with van der Waals surface area (Å²) in [5.41, 5.74) is 3.89. The number of amides is 1. The van der Waals surface area contributed by atoms with Gasteiger partial charge in [0.15, 0.2) is 16.6 Å². The van der Waals surface area contributed by atoms with E-state index >= 15 is 0 Å². The first-order valence-corrected chi connectivity index (χ1v) is 14.3. The van der Waals surface area contributed by atoms with Crippen LogP contribution in [0.2, 0.25) is 0 Å². The van der Waals surface area contributed by atoms with Crippen LogP contribution in [0, 0.1) is 0 Å². The van der Waals surface area contributed by atoms with Gasteiger partial charge < -0.3 is 24.3 Å². The molecule has 216 valence electrons. The average Bonchev–Trinajstić information content (AvgIpc) is 3.27. The highest BCUT2D eigenvalue weighted by molar-refractivity contribution is 7.80. The zero-order valence-electron chi connectivity index (χ0n) is 23.9. The van der Waals surface area contributed by atoms with Crippen molar-refractivity contribution >= 4 is 40.2 Å². The number of hydrogen-bond acceptors (Lipinski definition) is 7. The van der Waals surface area contributed by atoms with E-state index < -0.39 is 0 Å². The Kier molecular flexibility index (Phi) is 9.18. The SMILES string of the molecule is CCOc1ccc(CCN2C(=O)/C(=C\c3ccc(OC)c(COc4cccc5cccnc45)c3)NC2=S)cc1OCC. The third-order valence-electron chi connectivity index (χ3n) is 6.79. The fraction of sp³-hybridized carbons (Fsp3) is 0.242. The quantitative estimate of drug-likeness (QED) is 0.163. The zero-order valence-corrected chi connectivity index (χ0v) is 24.7. The number of benzene rings is 3. The summed E-state index contributed by atoms with van der Waals surface area (Å²) < 4.78 is 23.1. The Labute approximate surface area is 250 Å². The lowest BCUT2D eigenvalue weighted by molar-refractivity contribution is -0.122. The Hall–Kier alpha value is -4.63. The molecule has 0 atom stereocenters. The maximum atomic E-state index is 13.3. The van der Waals surface area contributed by atoms with Crippen LogP contribution >= 0.6 is 12.2 Å². The number of fused-ring (bicyclic) bond motifs is 1. The van der Waals surface area contributed by atoms with Crippen LogP contribution < -0.4 is 24.3 Å². The first kappa shape index (κ1) is 28.9. The molecule has 1 aliphatic heterocycles. The molecule has 8 nitrogen and oxygen atoms in total. The van der Waals surface area contributed by atoms with E-state index in [9.17, 15) is 4.79 Å². The van der Waals surface area contributed by atoms with Gasteiger partial charge in [-0.1, -0.05) is 30.3 Å². The second-order valence-corrected chi connectivity index (χ2v) is 9.92. The van der Waals surface area contributed by atoms with Gasteiger partial charge in [-0.15, -0.1) is 0 Å². The summed E-state index contributed by atoms with van der Waals surface area (Å²) in [5, 5.41) is 4.46. The normalized spacial score (nSPS) is 13.9. The van der Waals surface area contributed by atoms with Gasteiger partial charge in [0.05, 0.1) is 20.3 Å². The van der Waals surface area contributed by atoms with Crippen molar-refractivity contribution in [2.24, 2.45) is 0 Å². The summed E-state index contributed by atoms with van der Waals surface area (Å²) in [7, 11) is 1.62. The molecular formula is C33H33N3O5S. The molecule has 1 amide bonds. The third kappa shape index (κ3) is 6.47. The van der Waals surface area contributed by atoms with E-state index in [0.29, 0.717) is 60.0 Å². The topological polar surface area (TPSA) is 82.2 Å². The molecule has 1 aliphatic rings. The van der Waals surface area contributed by atoms with E-state index in [2.05, 4.69) is 10.3 Å². The number of carbonyl (C=O) groups is 1. The molecule has 5 rings (SSSR count). The van der Waals surface area contributed by atoms with E-state index in [4.69, 9.17) is 31.2 Å². The second-order valence-electron chi connectivity index (χ2n) is 9.53. The minimum Gasteiger partial charge on any atom is -0.496 e. The largest absolute Gasteiger partial charge is 0.496 e. The number of pyridine rings is 1. The predicted octanol–water partition coefficient (Wildman–Crippen LogP) is 5.92. The lowest BCUT2D eigenvalue weighted by Gasteiger charge is -2.16. The van der Waals surface area contributed by atoms with Crippen molar-refractivity contribution in [1.82, 2.24) is 15.2 Å². The van der Waals surface area contributed by atoms with Crippen LogP contribution in [0.3, 0.4) is 0 Å². The summed E-state index contributed by atoms with van der Waals surface area (Å²) in [5.74, 6) is 2.61. The Morgan fingerprint density at radius 3 is 2.50 bits per heavy atom. The molecule has 1 saturated heterocycles. The number of rotatable bonds is 12. The van der Waals surface area contributed by atoms with Crippen LogP contribution in [-0.2, 0) is 17.8 Å². The van der Waals surface area contributed by atoms with Crippen LogP contribution in [0.4, 0.5) is 0 Å². The van der Waals surface area contributed by atoms with Gasteiger partial charge in [-0.3, -0.25) is 14.7 Å². The molecule has 0 unspecified atom stereocenters. The predicted molar refractivity (Wildman–Crippen MR) is 167 cm³/mol. The molecular weight excluding hydrogens is 550 g/mol. The molecule has 1 aromatic heterocycles. The molecule has 0 bridgehead atoms. The van der Waals surface area contributed by atoms with E-state index in [1.165, 1.54) is 0 Å². The summed E-state index contributed by atoms with van der Waals surface area (Å²) in [6.07, 6.45) is 4.15. The van der Waals surface area contributed by atoms with Gasteiger partial charge in [0.2, 0.25) is 0 Å². The van der Waals surface area contributed by atoms with Crippen LogP contribution in [0.15, 0.2) is 78.6 Å². The monoisotopic (exact) mass is 583 g/mol. The fourth-order valence-electron chi connectivity index (χ4n) is 4.78. The number of hydrogen-bond donors (Lipinski definition) is 1. The van der Waals surface area contributed by atoms with Crippen molar-refractivity contribution in [2.75, 3.05) is 26.9 Å². The van der Waals surface area contributed by atoms with Gasteiger partial charge in [0.25, 0.3) is 5.91 Å². The van der Waals surface area contributed by atoms with E-state index in [-0.39, 0.29) is 12.5 Å². The van der Waals surface area contributed by atoms with Crippen LogP contribution in [0.5, 0.6) is 23.0 Å². The molecule has 42 heavy (non-hydrogen) atoms. The number of methoxy groups -OCH3 is 1. The van der Waals surface area contributed by atoms with Crippen molar-refractivity contribution in [1.29, 1.82) is 0 Å². The van der Waals surface area contributed by atoms with Crippen molar-refractivity contribution in [3.05, 3.63) is 95.3 Å². The minimum atomic E-state index is -0.175. The zero-order chi connectivity index (χ0) is 29.5. The van der Waals surface area contributed by atoms with Gasteiger partial charge in [-0.25, -0.2) is 0 Å². The molecule has 0 radical (unpaired) electrons. The number of aromatic nitrogens is 1. The van der Waals surface area contributed by atoms with E-state index in [0.717, 1.165) is 27.6 Å². The van der Waals surface area contributed by atoms with Gasteiger partial charge in [-0.05, 0) is 86.1 Å². The lowest BCUT2D eigenvalue weighted by atomic mass is 10.1. The summed E-state index contributed by atoms with van der Waals surface area (Å²) in [6.45, 7) is 5.67. The Bertz CT molecular complexity index is 1630. The molecule has 9 heteroatoms. The Balaban J connectivity index is 1.29. The first-order chi connectivity index (χ1) is 20.5. The first-order valence-electron chi connectivity index (χ1n) is 13.9. The molecule has 4 aromatic rings. The smallest absolute Gasteiger partial charge is 0.276 e. The van der Waals surface area contributed by atoms with Gasteiger partial charge in [0.1, 0.15) is 29.3 Å². The average molecular weight is 584 g/mol. The summed E-state index contributed by atoms with van der Waals surface area (Å²) >= 11 is 5.51. The standard InChI is InChI=1S/C33H33N3O5S/c1-4-39-28-14-11-22(20-30(28)40-5-2)15-17-36-32(37)26(35-33(36)42)19-23-12-13-27(38-3)25(18-23)21-41-29-10-6-8-24-9-7-16-34-31(24)29/h6-14,16,18-20H,4-5,15,17,21H2,1-3H3,(H,35,42)/b26-19+. The summed E-state index contributed by atoms with van der Waals surface area (Å²) in [6, 6.07) is 21.3. The molecule has 0 spiro atoms. The molecule has 2 heterocycles. The van der Waals surface area contributed by atoms with Crippen LogP contribution in [0.25, 0.3) is 17.0 Å². The van der Waals surface area contributed by atoms with E-state index in [1.807, 2.05) is 80.6 Å². The molecule has 0 saturated carbocycles. The van der Waals surface area contributed by atoms with Gasteiger partial charge >= 0.3 is 0 Å². The molecule has 1 fully saturated rings. The van der Waals surface area contributed by atoms with Crippen molar-refractivity contribution in [3.8, 4) is 23.0 Å². The number of carbonyl (C=O) groups excluding carboxylic acids is 1. The lowest BCUT2D eigenvalue weighted by Crippen LogP contribution is -2.32. The number of ether oxygens (including phenoxy) is 4. The maximum absolute atomic E-state index is 13.3. The summed E-state index contributed by atoms with van der Waals surface area (Å²) in [4.78, 5) is 19.3. The number of para-hydroxylation sites is 1. The van der Waals surface area contributed by atoms with E-state index in [1.54, 1.807) is 24.3 Å². The van der Waals surface area contributed by atoms with Crippen LogP contribution in [-0.4, -0.2) is 47.8 Å². The highest BCUT2D eigenvalue weighted by Crippen LogP contribution is 2.30. The Morgan fingerprint density at radius 2 is 1.69 bits per heavy atom. The van der Waals surface area contributed by atoms with Crippen molar-refractivity contribution in [2.45, 2.75) is 26.9 Å². The Morgan fingerprint density at radius 1 is 0.905 bits per heavy atom. The number of thiocarbonyl (C=S) groups is 1. The fourth-order valence-corrected chi connectivity index (χ4v) is 5.07. The third-order valence-corrected chi connectivity index (χ3v) is 7.11. The minimum absolute atomic E-state index is 0.175. The highest BCUT2D eigenvalue weighted by atomic mass is 32.1. The molecule has 3 aromatic carbocycles. The second kappa shape index (κ2) is 13.4. The highest BCUT2D eigenvalue weighted by Gasteiger charge is 2.30. The van der Waals surface area contributed by atoms with Gasteiger partial charge in [0, 0.05) is 23.7 Å². The van der Waals surface area contributed by atoms with Crippen LogP contribution in [0.1, 0.15) is 30.5 Å².